The first kappa shape index (κ1) is 20.7. The molecule has 2 N–H and O–H groups in total. The van der Waals surface area contributed by atoms with Gasteiger partial charge in [0.25, 0.3) is 0 Å². The van der Waals surface area contributed by atoms with Crippen molar-refractivity contribution in [3.63, 3.8) is 0 Å². The van der Waals surface area contributed by atoms with Gasteiger partial charge in [-0.15, -0.1) is 0 Å². The Balaban J connectivity index is 1.43. The quantitative estimate of drug-likeness (QED) is 0.773. The molecule has 3 aliphatic rings. The molecule has 5 rings (SSSR count). The van der Waals surface area contributed by atoms with Crippen LogP contribution in [0.2, 0.25) is 0 Å². The zero-order valence-electron chi connectivity index (χ0n) is 17.1. The van der Waals surface area contributed by atoms with Crippen LogP contribution in [0.3, 0.4) is 0 Å². The number of fused-ring (bicyclic) bond motifs is 1. The smallest absolute Gasteiger partial charge is 0.370 e. The number of benzene rings is 1. The van der Waals surface area contributed by atoms with Crippen LogP contribution in [0.25, 0.3) is 11.0 Å². The van der Waals surface area contributed by atoms with Gasteiger partial charge >= 0.3 is 6.18 Å². The number of carbonyl (C=O) groups is 1. The van der Waals surface area contributed by atoms with Crippen molar-refractivity contribution in [2.45, 2.75) is 44.0 Å². The van der Waals surface area contributed by atoms with Crippen molar-refractivity contribution < 1.29 is 22.7 Å². The number of nitrogens with zero attached hydrogens (tertiary/aromatic N) is 3. The molecule has 3 fully saturated rings. The molecule has 0 radical (unpaired) electrons. The van der Waals surface area contributed by atoms with Crippen molar-refractivity contribution >= 4 is 16.9 Å². The number of aromatic nitrogens is 2. The summed E-state index contributed by atoms with van der Waals surface area (Å²) >= 11 is 0. The van der Waals surface area contributed by atoms with E-state index in [1.165, 1.54) is 6.07 Å². The number of likely N-dealkylation sites (tertiary alicyclic amines) is 1. The minimum absolute atomic E-state index is 0.0473. The Hall–Kier alpha value is -2.17. The van der Waals surface area contributed by atoms with E-state index in [0.29, 0.717) is 49.6 Å². The van der Waals surface area contributed by atoms with Gasteiger partial charge in [-0.1, -0.05) is 0 Å². The molecule has 1 atom stereocenters. The number of imidazole rings is 1. The first-order valence-corrected chi connectivity index (χ1v) is 10.9. The lowest BCUT2D eigenvalue weighted by Crippen LogP contribution is -2.43. The summed E-state index contributed by atoms with van der Waals surface area (Å²) < 4.78 is 47.6. The van der Waals surface area contributed by atoms with Gasteiger partial charge in [-0.3, -0.25) is 15.6 Å². The molecule has 0 aliphatic carbocycles. The first-order chi connectivity index (χ1) is 14.9. The van der Waals surface area contributed by atoms with Gasteiger partial charge in [-0.2, -0.15) is 13.2 Å². The van der Waals surface area contributed by atoms with E-state index in [4.69, 9.17) is 4.74 Å². The van der Waals surface area contributed by atoms with Crippen molar-refractivity contribution in [1.29, 1.82) is 0 Å². The van der Waals surface area contributed by atoms with E-state index < -0.39 is 11.7 Å². The summed E-state index contributed by atoms with van der Waals surface area (Å²) in [5, 5.41) is 0. The second-order valence-electron chi connectivity index (χ2n) is 8.56. The van der Waals surface area contributed by atoms with Gasteiger partial charge in [0, 0.05) is 38.8 Å². The average molecular weight is 437 g/mol. The Labute approximate surface area is 177 Å². The van der Waals surface area contributed by atoms with E-state index in [1.54, 1.807) is 0 Å². The van der Waals surface area contributed by atoms with E-state index in [9.17, 15) is 18.0 Å². The fraction of sp³-hybridized carbons (Fsp3) is 0.619. The molecule has 3 saturated heterocycles. The zero-order chi connectivity index (χ0) is 21.6. The molecular weight excluding hydrogens is 411 g/mol. The number of ether oxygens (including phenoxy) is 1. The topological polar surface area (TPSA) is 71.4 Å². The standard InChI is InChI=1S/C21H26F3N5O2/c22-21(23,24)14-3-4-17-16(10-14)27-19(18-2-1-9-31-18)29(17)15-5-7-28(8-6-15)20(30)13-11-25-26-12-13/h3-4,10,13,15,18,25-26H,1-2,5-9,11-12H2. The number of hydrogen-bond donors (Lipinski definition) is 2. The SMILES string of the molecule is O=C(C1CNNC1)N1CCC(n2c(C3CCCO3)nc3cc(C(F)(F)F)ccc32)CC1. The van der Waals surface area contributed by atoms with Crippen LogP contribution in [0.4, 0.5) is 13.2 Å². The molecule has 0 bridgehead atoms. The highest BCUT2D eigenvalue weighted by molar-refractivity contribution is 5.80. The number of hydrogen-bond acceptors (Lipinski definition) is 5. The number of alkyl halides is 3. The van der Waals surface area contributed by atoms with Crippen LogP contribution >= 0.6 is 0 Å². The second-order valence-corrected chi connectivity index (χ2v) is 8.56. The van der Waals surface area contributed by atoms with Crippen LogP contribution in [-0.4, -0.2) is 53.1 Å². The van der Waals surface area contributed by atoms with E-state index in [-0.39, 0.29) is 24.0 Å². The highest BCUT2D eigenvalue weighted by Gasteiger charge is 2.35. The number of amides is 1. The van der Waals surface area contributed by atoms with Crippen molar-refractivity contribution in [3.8, 4) is 0 Å². The normalized spacial score (nSPS) is 23.8. The number of rotatable bonds is 3. The van der Waals surface area contributed by atoms with Gasteiger partial charge in [-0.05, 0) is 43.9 Å². The first-order valence-electron chi connectivity index (χ1n) is 10.9. The van der Waals surface area contributed by atoms with E-state index in [1.807, 2.05) is 4.90 Å². The molecule has 0 spiro atoms. The van der Waals surface area contributed by atoms with E-state index >= 15 is 0 Å². The van der Waals surface area contributed by atoms with Crippen molar-refractivity contribution in [1.82, 2.24) is 25.3 Å². The van der Waals surface area contributed by atoms with Gasteiger partial charge in [-0.25, -0.2) is 4.98 Å². The van der Waals surface area contributed by atoms with Gasteiger partial charge in [0.2, 0.25) is 5.91 Å². The number of halogens is 3. The minimum atomic E-state index is -4.41. The molecule has 168 valence electrons. The minimum Gasteiger partial charge on any atom is -0.370 e. The molecule has 0 saturated carbocycles. The third-order valence-electron chi connectivity index (χ3n) is 6.57. The van der Waals surface area contributed by atoms with E-state index in [2.05, 4.69) is 20.4 Å². The maximum absolute atomic E-state index is 13.2. The molecule has 10 heteroatoms. The maximum Gasteiger partial charge on any atom is 0.416 e. The van der Waals surface area contributed by atoms with Crippen LogP contribution in [-0.2, 0) is 15.7 Å². The summed E-state index contributed by atoms with van der Waals surface area (Å²) in [5.41, 5.74) is 6.35. The lowest BCUT2D eigenvalue weighted by atomic mass is 10.0. The van der Waals surface area contributed by atoms with Crippen LogP contribution < -0.4 is 10.9 Å². The lowest BCUT2D eigenvalue weighted by molar-refractivity contribution is -0.137. The van der Waals surface area contributed by atoms with E-state index in [0.717, 1.165) is 37.8 Å². The summed E-state index contributed by atoms with van der Waals surface area (Å²) in [5.74, 6) is 0.815. The average Bonchev–Trinajstić information content (AvgIpc) is 3.52. The Morgan fingerprint density at radius 3 is 2.52 bits per heavy atom. The maximum atomic E-state index is 13.2. The Kier molecular flexibility index (Phi) is 5.39. The Morgan fingerprint density at radius 1 is 1.13 bits per heavy atom. The highest BCUT2D eigenvalue weighted by Crippen LogP contribution is 2.38. The molecule has 1 aromatic carbocycles. The summed E-state index contributed by atoms with van der Waals surface area (Å²) in [7, 11) is 0. The van der Waals surface area contributed by atoms with Gasteiger partial charge in [0.1, 0.15) is 11.9 Å². The van der Waals surface area contributed by atoms with Crippen molar-refractivity contribution in [3.05, 3.63) is 29.6 Å². The predicted octanol–water partition coefficient (Wildman–Crippen LogP) is 2.79. The van der Waals surface area contributed by atoms with Gasteiger partial charge < -0.3 is 14.2 Å². The molecule has 3 aliphatic heterocycles. The predicted molar refractivity (Wildman–Crippen MR) is 107 cm³/mol. The third-order valence-corrected chi connectivity index (χ3v) is 6.57. The monoisotopic (exact) mass is 437 g/mol. The molecule has 7 nitrogen and oxygen atoms in total. The fourth-order valence-electron chi connectivity index (χ4n) is 4.93. The molecular formula is C21H26F3N5O2. The molecule has 4 heterocycles. The van der Waals surface area contributed by atoms with Crippen LogP contribution in [0.15, 0.2) is 18.2 Å². The molecule has 1 unspecified atom stereocenters. The van der Waals surface area contributed by atoms with Crippen LogP contribution in [0.1, 0.15) is 49.2 Å². The number of nitrogens with one attached hydrogen (secondary N) is 2. The van der Waals surface area contributed by atoms with Crippen molar-refractivity contribution in [2.75, 3.05) is 32.8 Å². The summed E-state index contributed by atoms with van der Waals surface area (Å²) in [6, 6.07) is 3.85. The Bertz CT molecular complexity index is 956. The second kappa shape index (κ2) is 8.07. The lowest BCUT2D eigenvalue weighted by Gasteiger charge is -2.35. The molecule has 1 amide bonds. The number of hydrazine groups is 1. The summed E-state index contributed by atoms with van der Waals surface area (Å²) in [6.45, 7) is 3.17. The zero-order valence-corrected chi connectivity index (χ0v) is 17.1. The fourth-order valence-corrected chi connectivity index (χ4v) is 4.93. The highest BCUT2D eigenvalue weighted by atomic mass is 19.4. The summed E-state index contributed by atoms with van der Waals surface area (Å²) in [6.07, 6.45) is -1.39. The van der Waals surface area contributed by atoms with Gasteiger partial charge in [0.05, 0.1) is 22.5 Å². The van der Waals surface area contributed by atoms with Crippen LogP contribution in [0.5, 0.6) is 0 Å². The molecule has 2 aromatic rings. The Morgan fingerprint density at radius 2 is 1.87 bits per heavy atom. The molecule has 1 aromatic heterocycles. The third kappa shape index (κ3) is 3.92. The largest absolute Gasteiger partial charge is 0.416 e. The number of piperidine rings is 1. The molecule has 31 heavy (non-hydrogen) atoms. The summed E-state index contributed by atoms with van der Waals surface area (Å²) in [4.78, 5) is 19.2. The number of carbonyl (C=O) groups excluding carboxylic acids is 1. The van der Waals surface area contributed by atoms with Crippen molar-refractivity contribution in [2.24, 2.45) is 5.92 Å². The van der Waals surface area contributed by atoms with Gasteiger partial charge in [0.15, 0.2) is 0 Å². The van der Waals surface area contributed by atoms with Crippen LogP contribution in [0, 0.1) is 5.92 Å².